The summed E-state index contributed by atoms with van der Waals surface area (Å²) in [7, 11) is 0. The lowest BCUT2D eigenvalue weighted by atomic mass is 10.0. The highest BCUT2D eigenvalue weighted by atomic mass is 19.1. The molecule has 2 heteroatoms. The highest BCUT2D eigenvalue weighted by Gasteiger charge is 2.04. The van der Waals surface area contributed by atoms with E-state index in [-0.39, 0.29) is 5.82 Å². The number of benzene rings is 2. The molecule has 3 rings (SSSR count). The molecule has 3 aromatic rings. The summed E-state index contributed by atoms with van der Waals surface area (Å²) in [6.45, 7) is 0. The van der Waals surface area contributed by atoms with Crippen LogP contribution < -0.4 is 0 Å². The maximum absolute atomic E-state index is 13.2. The molecule has 1 nitrogen and oxygen atoms in total. The second-order valence-corrected chi connectivity index (χ2v) is 3.92. The number of rotatable bonds is 1. The number of aromatic nitrogens is 1. The molecule has 17 heavy (non-hydrogen) atoms. The average molecular weight is 223 g/mol. The van der Waals surface area contributed by atoms with Gasteiger partial charge in [-0.25, -0.2) is 4.39 Å². The molecule has 2 aromatic carbocycles. The molecule has 0 N–H and O–H groups in total. The number of nitrogens with zero attached hydrogens (tertiary/aromatic N) is 1. The lowest BCUT2D eigenvalue weighted by molar-refractivity contribution is 0.628. The fourth-order valence-electron chi connectivity index (χ4n) is 2.00. The smallest absolute Gasteiger partial charge is 0.123 e. The van der Waals surface area contributed by atoms with E-state index in [4.69, 9.17) is 0 Å². The van der Waals surface area contributed by atoms with Gasteiger partial charge in [-0.1, -0.05) is 36.4 Å². The Morgan fingerprint density at radius 3 is 2.65 bits per heavy atom. The van der Waals surface area contributed by atoms with E-state index < -0.39 is 0 Å². The van der Waals surface area contributed by atoms with Crippen LogP contribution >= 0.6 is 0 Å². The zero-order chi connectivity index (χ0) is 11.7. The largest absolute Gasteiger partial charge is 0.263 e. The van der Waals surface area contributed by atoms with Crippen LogP contribution in [0.25, 0.3) is 21.9 Å². The van der Waals surface area contributed by atoms with Crippen LogP contribution in [-0.4, -0.2) is 4.98 Å². The lowest BCUT2D eigenvalue weighted by Gasteiger charge is -2.05. The normalized spacial score (nSPS) is 10.6. The van der Waals surface area contributed by atoms with Crippen LogP contribution in [0, 0.1) is 5.82 Å². The van der Waals surface area contributed by atoms with E-state index in [0.717, 1.165) is 21.9 Å². The molecule has 0 aliphatic heterocycles. The highest BCUT2D eigenvalue weighted by Crippen LogP contribution is 2.27. The average Bonchev–Trinajstić information content (AvgIpc) is 2.38. The van der Waals surface area contributed by atoms with Crippen molar-refractivity contribution in [1.29, 1.82) is 0 Å². The van der Waals surface area contributed by atoms with E-state index in [2.05, 4.69) is 4.98 Å². The topological polar surface area (TPSA) is 12.9 Å². The van der Waals surface area contributed by atoms with E-state index >= 15 is 0 Å². The molecule has 0 saturated heterocycles. The Labute approximate surface area is 98.6 Å². The molecule has 0 bridgehead atoms. The monoisotopic (exact) mass is 223 g/mol. The van der Waals surface area contributed by atoms with Gasteiger partial charge in [0.05, 0.1) is 0 Å². The van der Waals surface area contributed by atoms with Crippen LogP contribution in [0.5, 0.6) is 0 Å². The van der Waals surface area contributed by atoms with Crippen LogP contribution in [0.3, 0.4) is 0 Å². The van der Waals surface area contributed by atoms with Crippen molar-refractivity contribution in [2.75, 3.05) is 0 Å². The summed E-state index contributed by atoms with van der Waals surface area (Å²) < 4.78 is 13.2. The molecule has 1 aromatic heterocycles. The Kier molecular flexibility index (Phi) is 2.33. The Morgan fingerprint density at radius 1 is 0.882 bits per heavy atom. The van der Waals surface area contributed by atoms with Gasteiger partial charge in [0.2, 0.25) is 0 Å². The molecule has 0 fully saturated rings. The fourth-order valence-corrected chi connectivity index (χ4v) is 2.00. The molecule has 0 aliphatic carbocycles. The Morgan fingerprint density at radius 2 is 1.76 bits per heavy atom. The number of pyridine rings is 1. The minimum absolute atomic E-state index is 0.226. The minimum Gasteiger partial charge on any atom is -0.263 e. The Balaban J connectivity index is 2.30. The van der Waals surface area contributed by atoms with Gasteiger partial charge in [0.25, 0.3) is 0 Å². The first-order chi connectivity index (χ1) is 8.34. The van der Waals surface area contributed by atoms with Crippen molar-refractivity contribution < 1.29 is 4.39 Å². The molecule has 0 amide bonds. The van der Waals surface area contributed by atoms with Crippen molar-refractivity contribution >= 4 is 10.8 Å². The van der Waals surface area contributed by atoms with Gasteiger partial charge in [0.15, 0.2) is 0 Å². The molecule has 0 saturated carbocycles. The summed E-state index contributed by atoms with van der Waals surface area (Å²) in [6, 6.07) is 14.6. The summed E-state index contributed by atoms with van der Waals surface area (Å²) in [6.07, 6.45) is 3.59. The molecule has 0 aliphatic rings. The van der Waals surface area contributed by atoms with Crippen molar-refractivity contribution in [3.63, 3.8) is 0 Å². The van der Waals surface area contributed by atoms with E-state index in [1.165, 1.54) is 12.1 Å². The van der Waals surface area contributed by atoms with Gasteiger partial charge in [-0.2, -0.15) is 0 Å². The highest BCUT2D eigenvalue weighted by molar-refractivity contribution is 5.95. The van der Waals surface area contributed by atoms with E-state index in [9.17, 15) is 4.39 Å². The molecule has 0 atom stereocenters. The summed E-state index contributed by atoms with van der Waals surface area (Å²) in [5.41, 5.74) is 1.82. The van der Waals surface area contributed by atoms with Gasteiger partial charge in [-0.05, 0) is 23.1 Å². The van der Waals surface area contributed by atoms with Gasteiger partial charge >= 0.3 is 0 Å². The van der Waals surface area contributed by atoms with Crippen molar-refractivity contribution in [3.8, 4) is 11.1 Å². The molecule has 0 unspecified atom stereocenters. The standard InChI is InChI=1S/C15H10FN/c16-13-6-3-5-11(8-13)15-10-17-9-12-4-1-2-7-14(12)15/h1-10H. The van der Waals surface area contributed by atoms with Gasteiger partial charge in [0, 0.05) is 23.3 Å². The molecule has 0 radical (unpaired) electrons. The lowest BCUT2D eigenvalue weighted by Crippen LogP contribution is -1.84. The number of hydrogen-bond acceptors (Lipinski definition) is 1. The van der Waals surface area contributed by atoms with Crippen LogP contribution in [0.2, 0.25) is 0 Å². The van der Waals surface area contributed by atoms with Gasteiger partial charge in [-0.3, -0.25) is 4.98 Å². The van der Waals surface area contributed by atoms with Gasteiger partial charge in [0.1, 0.15) is 5.82 Å². The third kappa shape index (κ3) is 1.78. The Bertz CT molecular complexity index is 671. The third-order valence-electron chi connectivity index (χ3n) is 2.80. The Hall–Kier alpha value is -2.22. The second kappa shape index (κ2) is 3.98. The van der Waals surface area contributed by atoms with Crippen LogP contribution in [-0.2, 0) is 0 Å². The first kappa shape index (κ1) is 9.97. The fraction of sp³-hybridized carbons (Fsp3) is 0. The predicted octanol–water partition coefficient (Wildman–Crippen LogP) is 4.04. The summed E-state index contributed by atoms with van der Waals surface area (Å²) in [5, 5.41) is 2.15. The summed E-state index contributed by atoms with van der Waals surface area (Å²) in [5.74, 6) is -0.226. The van der Waals surface area contributed by atoms with E-state index in [0.29, 0.717) is 0 Å². The maximum Gasteiger partial charge on any atom is 0.123 e. The quantitative estimate of drug-likeness (QED) is 0.606. The van der Waals surface area contributed by atoms with Crippen molar-refractivity contribution in [2.45, 2.75) is 0 Å². The summed E-state index contributed by atoms with van der Waals surface area (Å²) in [4.78, 5) is 4.20. The van der Waals surface area contributed by atoms with Crippen molar-refractivity contribution in [1.82, 2.24) is 4.98 Å². The first-order valence-corrected chi connectivity index (χ1v) is 5.43. The SMILES string of the molecule is Fc1cccc(-c2cncc3ccccc23)c1. The molecule has 0 spiro atoms. The molecule has 82 valence electrons. The van der Waals surface area contributed by atoms with E-state index in [1.807, 2.05) is 36.5 Å². The molecular formula is C15H10FN. The van der Waals surface area contributed by atoms with Gasteiger partial charge < -0.3 is 0 Å². The second-order valence-electron chi connectivity index (χ2n) is 3.92. The maximum atomic E-state index is 13.2. The van der Waals surface area contributed by atoms with Gasteiger partial charge in [-0.15, -0.1) is 0 Å². The first-order valence-electron chi connectivity index (χ1n) is 5.43. The van der Waals surface area contributed by atoms with Crippen molar-refractivity contribution in [2.24, 2.45) is 0 Å². The number of fused-ring (bicyclic) bond motifs is 1. The molecular weight excluding hydrogens is 213 g/mol. The van der Waals surface area contributed by atoms with Crippen LogP contribution in [0.15, 0.2) is 60.9 Å². The third-order valence-corrected chi connectivity index (χ3v) is 2.80. The zero-order valence-electron chi connectivity index (χ0n) is 9.10. The predicted molar refractivity (Wildman–Crippen MR) is 67.1 cm³/mol. The van der Waals surface area contributed by atoms with Crippen molar-refractivity contribution in [3.05, 3.63) is 66.7 Å². The van der Waals surface area contributed by atoms with Crippen LogP contribution in [0.4, 0.5) is 4.39 Å². The minimum atomic E-state index is -0.226. The number of halogens is 1. The summed E-state index contributed by atoms with van der Waals surface area (Å²) >= 11 is 0. The zero-order valence-corrected chi connectivity index (χ0v) is 9.10. The number of hydrogen-bond donors (Lipinski definition) is 0. The van der Waals surface area contributed by atoms with E-state index in [1.54, 1.807) is 12.3 Å². The van der Waals surface area contributed by atoms with Crippen LogP contribution in [0.1, 0.15) is 0 Å². The molecule has 1 heterocycles.